The Bertz CT molecular complexity index is 534. The quantitative estimate of drug-likeness (QED) is 0.831. The van der Waals surface area contributed by atoms with E-state index in [2.05, 4.69) is 28.2 Å². The molecule has 2 fully saturated rings. The van der Waals surface area contributed by atoms with Crippen LogP contribution in [0.2, 0.25) is 0 Å². The van der Waals surface area contributed by atoms with Crippen LogP contribution in [0.15, 0.2) is 18.3 Å². The second-order valence-electron chi connectivity index (χ2n) is 7.29. The molecule has 2 saturated heterocycles. The molecule has 2 aliphatic rings. The fourth-order valence-electron chi connectivity index (χ4n) is 3.90. The lowest BCUT2D eigenvalue weighted by Crippen LogP contribution is -2.46. The Balaban J connectivity index is 1.64. The van der Waals surface area contributed by atoms with E-state index < -0.39 is 0 Å². The van der Waals surface area contributed by atoms with Crippen molar-refractivity contribution in [2.75, 3.05) is 39.4 Å². The number of hydrogen-bond donors (Lipinski definition) is 0. The third kappa shape index (κ3) is 4.01. The molecule has 0 aromatic carbocycles. The highest BCUT2D eigenvalue weighted by Gasteiger charge is 2.29. The van der Waals surface area contributed by atoms with E-state index in [1.54, 1.807) is 0 Å². The van der Waals surface area contributed by atoms with Gasteiger partial charge in [-0.1, -0.05) is 0 Å². The molecule has 24 heavy (non-hydrogen) atoms. The van der Waals surface area contributed by atoms with Crippen molar-refractivity contribution in [3.8, 4) is 0 Å². The van der Waals surface area contributed by atoms with Gasteiger partial charge in [-0.25, -0.2) is 0 Å². The molecule has 0 saturated carbocycles. The molecule has 1 aromatic heterocycles. The molecule has 1 amide bonds. The van der Waals surface area contributed by atoms with Gasteiger partial charge in [0.05, 0.1) is 13.2 Å². The number of ether oxygens (including phenoxy) is 1. The van der Waals surface area contributed by atoms with Crippen LogP contribution < -0.4 is 0 Å². The maximum atomic E-state index is 13.1. The number of piperidine rings is 1. The van der Waals surface area contributed by atoms with Crippen molar-refractivity contribution in [3.05, 3.63) is 24.0 Å². The van der Waals surface area contributed by atoms with Crippen LogP contribution in [0.4, 0.5) is 0 Å². The average molecular weight is 333 g/mol. The maximum Gasteiger partial charge on any atom is 0.270 e. The molecule has 5 nitrogen and oxygen atoms in total. The Morgan fingerprint density at radius 1 is 1.25 bits per heavy atom. The van der Waals surface area contributed by atoms with Crippen LogP contribution in [-0.2, 0) is 4.74 Å². The van der Waals surface area contributed by atoms with Crippen LogP contribution in [0.1, 0.15) is 56.1 Å². The minimum atomic E-state index is 0.209. The molecule has 0 radical (unpaired) electrons. The standard InChI is InChI=1S/C19H31N3O2/c1-16(2)21-10-5-7-18(21)19(23)22-9-4-3-6-17(22)8-11-20-12-14-24-15-13-20/h5,7,10,16-17H,3-4,6,8-9,11-15H2,1-2H3/t17-/m1/s1. The van der Waals surface area contributed by atoms with E-state index in [4.69, 9.17) is 4.74 Å². The fourth-order valence-corrected chi connectivity index (χ4v) is 3.90. The zero-order valence-electron chi connectivity index (χ0n) is 15.1. The number of carbonyl (C=O) groups is 1. The highest BCUT2D eigenvalue weighted by atomic mass is 16.5. The molecular weight excluding hydrogens is 302 g/mol. The molecule has 0 spiro atoms. The smallest absolute Gasteiger partial charge is 0.270 e. The van der Waals surface area contributed by atoms with Gasteiger partial charge < -0.3 is 14.2 Å². The highest BCUT2D eigenvalue weighted by Crippen LogP contribution is 2.23. The number of amides is 1. The van der Waals surface area contributed by atoms with Crippen LogP contribution in [0.3, 0.4) is 0 Å². The Morgan fingerprint density at radius 3 is 2.79 bits per heavy atom. The predicted octanol–water partition coefficient (Wildman–Crippen LogP) is 2.79. The van der Waals surface area contributed by atoms with Gasteiger partial charge in [-0.15, -0.1) is 0 Å². The van der Waals surface area contributed by atoms with Crippen molar-refractivity contribution < 1.29 is 9.53 Å². The molecule has 3 heterocycles. The van der Waals surface area contributed by atoms with Gasteiger partial charge in [0.25, 0.3) is 5.91 Å². The van der Waals surface area contributed by atoms with E-state index in [1.165, 1.54) is 6.42 Å². The van der Waals surface area contributed by atoms with Crippen molar-refractivity contribution in [1.29, 1.82) is 0 Å². The average Bonchev–Trinajstić information content (AvgIpc) is 3.10. The number of hydrogen-bond acceptors (Lipinski definition) is 3. The van der Waals surface area contributed by atoms with E-state index in [0.717, 1.165) is 64.3 Å². The van der Waals surface area contributed by atoms with E-state index in [9.17, 15) is 4.79 Å². The fraction of sp³-hybridized carbons (Fsp3) is 0.737. The van der Waals surface area contributed by atoms with E-state index in [0.29, 0.717) is 12.1 Å². The third-order valence-electron chi connectivity index (χ3n) is 5.32. The normalized spacial score (nSPS) is 23.0. The molecule has 0 aliphatic carbocycles. The van der Waals surface area contributed by atoms with E-state index >= 15 is 0 Å². The van der Waals surface area contributed by atoms with Gasteiger partial charge >= 0.3 is 0 Å². The van der Waals surface area contributed by atoms with E-state index in [1.807, 2.05) is 18.3 Å². The predicted molar refractivity (Wildman–Crippen MR) is 95.4 cm³/mol. The van der Waals surface area contributed by atoms with Gasteiger partial charge in [-0.2, -0.15) is 0 Å². The zero-order valence-corrected chi connectivity index (χ0v) is 15.1. The first-order valence-electron chi connectivity index (χ1n) is 9.44. The summed E-state index contributed by atoms with van der Waals surface area (Å²) in [6, 6.07) is 4.65. The summed E-state index contributed by atoms with van der Waals surface area (Å²) >= 11 is 0. The third-order valence-corrected chi connectivity index (χ3v) is 5.32. The van der Waals surface area contributed by atoms with Crippen molar-refractivity contribution in [2.45, 2.75) is 51.6 Å². The van der Waals surface area contributed by atoms with Gasteiger partial charge in [0, 0.05) is 44.5 Å². The lowest BCUT2D eigenvalue weighted by atomic mass is 9.98. The molecule has 2 aliphatic heterocycles. The number of aromatic nitrogens is 1. The first kappa shape index (κ1) is 17.5. The molecule has 0 bridgehead atoms. The van der Waals surface area contributed by atoms with Crippen LogP contribution in [-0.4, -0.2) is 65.7 Å². The topological polar surface area (TPSA) is 37.7 Å². The summed E-state index contributed by atoms with van der Waals surface area (Å²) in [7, 11) is 0. The Labute approximate surface area is 145 Å². The van der Waals surface area contributed by atoms with Gasteiger partial charge in [0.1, 0.15) is 5.69 Å². The summed E-state index contributed by atoms with van der Waals surface area (Å²) in [5.74, 6) is 0.209. The molecular formula is C19H31N3O2. The first-order valence-corrected chi connectivity index (χ1v) is 9.44. The number of likely N-dealkylation sites (tertiary alicyclic amines) is 1. The Morgan fingerprint density at radius 2 is 2.04 bits per heavy atom. The molecule has 1 atom stereocenters. The highest BCUT2D eigenvalue weighted by molar-refractivity contribution is 5.93. The summed E-state index contributed by atoms with van der Waals surface area (Å²) in [6.45, 7) is 9.96. The van der Waals surface area contributed by atoms with Crippen molar-refractivity contribution in [2.24, 2.45) is 0 Å². The van der Waals surface area contributed by atoms with Crippen LogP contribution in [0.25, 0.3) is 0 Å². The zero-order chi connectivity index (χ0) is 16.9. The van der Waals surface area contributed by atoms with Crippen molar-refractivity contribution >= 4 is 5.91 Å². The first-order chi connectivity index (χ1) is 11.7. The molecule has 3 rings (SSSR count). The minimum absolute atomic E-state index is 0.209. The van der Waals surface area contributed by atoms with Crippen LogP contribution in [0, 0.1) is 0 Å². The van der Waals surface area contributed by atoms with Gasteiger partial charge in [-0.05, 0) is 51.7 Å². The molecule has 1 aromatic rings. The second kappa shape index (κ2) is 8.17. The SMILES string of the molecule is CC(C)n1cccc1C(=O)N1CCCC[C@@H]1CCN1CCOCC1. The summed E-state index contributed by atoms with van der Waals surface area (Å²) in [4.78, 5) is 17.7. The van der Waals surface area contributed by atoms with Gasteiger partial charge in [0.15, 0.2) is 0 Å². The van der Waals surface area contributed by atoms with Crippen molar-refractivity contribution in [3.63, 3.8) is 0 Å². The minimum Gasteiger partial charge on any atom is -0.379 e. The lowest BCUT2D eigenvalue weighted by Gasteiger charge is -2.37. The molecule has 0 unspecified atom stereocenters. The van der Waals surface area contributed by atoms with Gasteiger partial charge in [0.2, 0.25) is 0 Å². The van der Waals surface area contributed by atoms with Crippen molar-refractivity contribution in [1.82, 2.24) is 14.4 Å². The monoisotopic (exact) mass is 333 g/mol. The Kier molecular flexibility index (Phi) is 5.95. The number of morpholine rings is 1. The largest absolute Gasteiger partial charge is 0.379 e. The van der Waals surface area contributed by atoms with E-state index in [-0.39, 0.29) is 5.91 Å². The number of carbonyl (C=O) groups excluding carboxylic acids is 1. The summed E-state index contributed by atoms with van der Waals surface area (Å²) in [5.41, 5.74) is 0.836. The summed E-state index contributed by atoms with van der Waals surface area (Å²) in [6.07, 6.45) is 6.60. The summed E-state index contributed by atoms with van der Waals surface area (Å²) in [5, 5.41) is 0. The number of rotatable bonds is 5. The lowest BCUT2D eigenvalue weighted by molar-refractivity contribution is 0.0293. The molecule has 0 N–H and O–H groups in total. The summed E-state index contributed by atoms with van der Waals surface area (Å²) < 4.78 is 7.52. The van der Waals surface area contributed by atoms with Crippen LogP contribution >= 0.6 is 0 Å². The molecule has 134 valence electrons. The van der Waals surface area contributed by atoms with Gasteiger partial charge in [-0.3, -0.25) is 9.69 Å². The second-order valence-corrected chi connectivity index (χ2v) is 7.29. The molecule has 5 heteroatoms. The number of nitrogens with zero attached hydrogens (tertiary/aromatic N) is 3. The maximum absolute atomic E-state index is 13.1. The van der Waals surface area contributed by atoms with Crippen LogP contribution in [0.5, 0.6) is 0 Å². The Hall–Kier alpha value is -1.33.